The largest absolute Gasteiger partial charge is 0.465 e. The van der Waals surface area contributed by atoms with E-state index in [1.165, 1.54) is 12.7 Å². The van der Waals surface area contributed by atoms with Crippen LogP contribution < -0.4 is 0 Å². The van der Waals surface area contributed by atoms with Crippen LogP contribution in [-0.4, -0.2) is 23.6 Å². The third-order valence-corrected chi connectivity index (χ3v) is 3.16. The van der Waals surface area contributed by atoms with Gasteiger partial charge in [-0.15, -0.1) is 0 Å². The van der Waals surface area contributed by atoms with E-state index >= 15 is 0 Å². The van der Waals surface area contributed by atoms with Gasteiger partial charge in [-0.3, -0.25) is 4.79 Å². The van der Waals surface area contributed by atoms with Crippen molar-refractivity contribution in [3.05, 3.63) is 0 Å². The smallest absolute Gasteiger partial charge is 0.302 e. The van der Waals surface area contributed by atoms with Crippen LogP contribution in [0.3, 0.4) is 0 Å². The molecule has 0 amide bonds. The first-order valence-corrected chi connectivity index (χ1v) is 4.82. The average molecular weight is 174 g/mol. The number of hydrogen-bond donors (Lipinski definition) is 0. The van der Waals surface area contributed by atoms with Crippen molar-refractivity contribution in [2.24, 2.45) is 5.41 Å². The lowest BCUT2D eigenvalue weighted by molar-refractivity contribution is -0.143. The molecule has 0 aromatic carbocycles. The predicted molar refractivity (Wildman–Crippen MR) is 46.7 cm³/mol. The molecule has 0 radical (unpaired) electrons. The molecule has 1 unspecified atom stereocenters. The fourth-order valence-electron chi connectivity index (χ4n) is 0.880. The summed E-state index contributed by atoms with van der Waals surface area (Å²) in [6, 6.07) is 0. The fourth-order valence-corrected chi connectivity index (χ4v) is 1.95. The van der Waals surface area contributed by atoms with E-state index in [4.69, 9.17) is 4.74 Å². The first-order valence-electron chi connectivity index (χ1n) is 3.77. The van der Waals surface area contributed by atoms with Gasteiger partial charge in [-0.25, -0.2) is 0 Å². The molecule has 0 N–H and O–H groups in total. The minimum Gasteiger partial charge on any atom is -0.465 e. The third-order valence-electron chi connectivity index (χ3n) is 1.85. The normalized spacial score (nSPS) is 23.0. The second-order valence-electron chi connectivity index (χ2n) is 3.59. The van der Waals surface area contributed by atoms with E-state index in [1.54, 1.807) is 0 Å². The zero-order valence-corrected chi connectivity index (χ0v) is 8.03. The molecule has 0 spiro atoms. The molecule has 0 saturated carbocycles. The lowest BCUT2D eigenvalue weighted by Crippen LogP contribution is -2.26. The molecule has 0 aromatic rings. The van der Waals surface area contributed by atoms with Gasteiger partial charge in [0, 0.05) is 23.3 Å². The van der Waals surface area contributed by atoms with Crippen molar-refractivity contribution < 1.29 is 9.53 Å². The number of esters is 1. The highest BCUT2D eigenvalue weighted by Crippen LogP contribution is 2.44. The van der Waals surface area contributed by atoms with Crippen molar-refractivity contribution in [2.75, 3.05) is 12.4 Å². The number of hydrogen-bond acceptors (Lipinski definition) is 3. The number of ether oxygens (including phenoxy) is 1. The first kappa shape index (κ1) is 8.91. The Labute approximate surface area is 71.7 Å². The number of carbonyl (C=O) groups excluding carboxylic acids is 1. The molecule has 1 rings (SSSR count). The Morgan fingerprint density at radius 2 is 2.27 bits per heavy atom. The van der Waals surface area contributed by atoms with E-state index in [9.17, 15) is 4.79 Å². The highest BCUT2D eigenvalue weighted by molar-refractivity contribution is 8.06. The van der Waals surface area contributed by atoms with Gasteiger partial charge in [0.05, 0.1) is 6.61 Å². The number of carbonyl (C=O) groups is 1. The van der Waals surface area contributed by atoms with Crippen LogP contribution in [0.4, 0.5) is 0 Å². The quantitative estimate of drug-likeness (QED) is 0.481. The van der Waals surface area contributed by atoms with Crippen molar-refractivity contribution in [3.63, 3.8) is 0 Å². The van der Waals surface area contributed by atoms with E-state index in [1.807, 2.05) is 11.8 Å². The van der Waals surface area contributed by atoms with Crippen LogP contribution in [0.5, 0.6) is 0 Å². The first-order chi connectivity index (χ1) is 5.02. The maximum atomic E-state index is 10.5. The molecule has 1 aliphatic rings. The zero-order valence-electron chi connectivity index (χ0n) is 7.22. The van der Waals surface area contributed by atoms with Gasteiger partial charge in [0.15, 0.2) is 0 Å². The molecule has 64 valence electrons. The van der Waals surface area contributed by atoms with E-state index in [0.29, 0.717) is 11.9 Å². The highest BCUT2D eigenvalue weighted by atomic mass is 32.2. The minimum absolute atomic E-state index is 0.163. The summed E-state index contributed by atoms with van der Waals surface area (Å²) < 4.78 is 4.96. The molecule has 1 atom stereocenters. The van der Waals surface area contributed by atoms with Crippen LogP contribution in [-0.2, 0) is 9.53 Å². The van der Waals surface area contributed by atoms with Gasteiger partial charge in [0.2, 0.25) is 0 Å². The Bertz CT molecular complexity index is 161. The van der Waals surface area contributed by atoms with Gasteiger partial charge in [-0.1, -0.05) is 13.8 Å². The fraction of sp³-hybridized carbons (Fsp3) is 0.875. The lowest BCUT2D eigenvalue weighted by atomic mass is 9.91. The van der Waals surface area contributed by atoms with E-state index in [-0.39, 0.29) is 11.4 Å². The summed E-state index contributed by atoms with van der Waals surface area (Å²) in [5, 5.41) is 0.696. The Balaban J connectivity index is 2.27. The van der Waals surface area contributed by atoms with Crippen LogP contribution in [0.25, 0.3) is 0 Å². The van der Waals surface area contributed by atoms with E-state index in [0.717, 1.165) is 0 Å². The molecule has 0 bridgehead atoms. The van der Waals surface area contributed by atoms with Crippen LogP contribution in [0.1, 0.15) is 20.8 Å². The summed E-state index contributed by atoms with van der Waals surface area (Å²) in [5.41, 5.74) is 0.163. The van der Waals surface area contributed by atoms with Crippen LogP contribution in [0.15, 0.2) is 0 Å². The third kappa shape index (κ3) is 2.73. The van der Waals surface area contributed by atoms with E-state index in [2.05, 4.69) is 13.8 Å². The Kier molecular flexibility index (Phi) is 2.47. The molecule has 0 aromatic heterocycles. The summed E-state index contributed by atoms with van der Waals surface area (Å²) in [6.07, 6.45) is 0. The molecule has 2 nitrogen and oxygen atoms in total. The van der Waals surface area contributed by atoms with Gasteiger partial charge >= 0.3 is 5.97 Å². The summed E-state index contributed by atoms with van der Waals surface area (Å²) in [7, 11) is 0. The Hall–Kier alpha value is -0.180. The second kappa shape index (κ2) is 3.05. The van der Waals surface area contributed by atoms with Crippen LogP contribution in [0, 0.1) is 5.41 Å². The Morgan fingerprint density at radius 1 is 1.73 bits per heavy atom. The maximum Gasteiger partial charge on any atom is 0.302 e. The Morgan fingerprint density at radius 3 is 2.64 bits per heavy atom. The average Bonchev–Trinajstić information content (AvgIpc) is 2.64. The van der Waals surface area contributed by atoms with Crippen LogP contribution in [0.2, 0.25) is 0 Å². The predicted octanol–water partition coefficient (Wildman–Crippen LogP) is 1.69. The molecular formula is C8H14O2S. The molecule has 0 aliphatic carbocycles. The van der Waals surface area contributed by atoms with Gasteiger partial charge in [-0.2, -0.15) is 11.8 Å². The van der Waals surface area contributed by atoms with Gasteiger partial charge < -0.3 is 4.74 Å². The summed E-state index contributed by atoms with van der Waals surface area (Å²) in [5.74, 6) is 1.04. The maximum absolute atomic E-state index is 10.5. The van der Waals surface area contributed by atoms with Crippen LogP contribution >= 0.6 is 11.8 Å². The summed E-state index contributed by atoms with van der Waals surface area (Å²) >= 11 is 1.94. The molecule has 1 heterocycles. The minimum atomic E-state index is -0.177. The SMILES string of the molecule is CC(=O)OCC(C)(C)C1CS1. The lowest BCUT2D eigenvalue weighted by Gasteiger charge is -2.21. The van der Waals surface area contributed by atoms with Gasteiger partial charge in [0.25, 0.3) is 0 Å². The topological polar surface area (TPSA) is 26.3 Å². The molecule has 1 fully saturated rings. The molecule has 1 saturated heterocycles. The zero-order chi connectivity index (χ0) is 8.48. The van der Waals surface area contributed by atoms with Gasteiger partial charge in [0.1, 0.15) is 0 Å². The van der Waals surface area contributed by atoms with Crippen molar-refractivity contribution in [2.45, 2.75) is 26.0 Å². The summed E-state index contributed by atoms with van der Waals surface area (Å²) in [6.45, 7) is 6.29. The molecular weight excluding hydrogens is 160 g/mol. The monoisotopic (exact) mass is 174 g/mol. The van der Waals surface area contributed by atoms with Gasteiger partial charge in [-0.05, 0) is 0 Å². The van der Waals surface area contributed by atoms with Crippen molar-refractivity contribution in [1.29, 1.82) is 0 Å². The number of rotatable bonds is 3. The van der Waals surface area contributed by atoms with Crippen molar-refractivity contribution in [1.82, 2.24) is 0 Å². The standard InChI is InChI=1S/C8H14O2S/c1-6(9)10-5-8(2,3)7-4-11-7/h7H,4-5H2,1-3H3. The van der Waals surface area contributed by atoms with Crippen molar-refractivity contribution >= 4 is 17.7 Å². The highest BCUT2D eigenvalue weighted by Gasteiger charge is 2.39. The second-order valence-corrected chi connectivity index (χ2v) is 4.83. The molecule has 3 heteroatoms. The van der Waals surface area contributed by atoms with E-state index < -0.39 is 0 Å². The summed E-state index contributed by atoms with van der Waals surface area (Å²) in [4.78, 5) is 10.5. The number of thioether (sulfide) groups is 1. The molecule has 1 aliphatic heterocycles. The molecule has 11 heavy (non-hydrogen) atoms. The van der Waals surface area contributed by atoms with Crippen molar-refractivity contribution in [3.8, 4) is 0 Å².